The number of rotatable bonds is 4. The summed E-state index contributed by atoms with van der Waals surface area (Å²) in [5, 5.41) is 0. The van der Waals surface area contributed by atoms with E-state index in [1.54, 1.807) is 4.88 Å². The first-order chi connectivity index (χ1) is 10.2. The van der Waals surface area contributed by atoms with Crippen LogP contribution >= 0.6 is 11.3 Å². The predicted molar refractivity (Wildman–Crippen MR) is 92.2 cm³/mol. The fourth-order valence-corrected chi connectivity index (χ4v) is 5.19. The van der Waals surface area contributed by atoms with E-state index >= 15 is 0 Å². The monoisotopic (exact) mass is 306 g/mol. The van der Waals surface area contributed by atoms with Crippen LogP contribution in [-0.2, 0) is 6.42 Å². The standard InChI is InChI=1S/C18H30N2S/c1-4-16-12-19-10-6-5-7-17(19)13-20(16)14(2)11-18-9-8-15(3)21-18/h8-9,14,16-17H,4-7,10-13H2,1-3H3. The van der Waals surface area contributed by atoms with Crippen molar-refractivity contribution in [2.45, 2.75) is 71.0 Å². The van der Waals surface area contributed by atoms with Crippen LogP contribution in [0.15, 0.2) is 12.1 Å². The molecule has 1 aromatic heterocycles. The molecule has 0 saturated carbocycles. The number of piperazine rings is 1. The molecule has 3 rings (SSSR count). The second kappa shape index (κ2) is 6.80. The molecule has 2 aliphatic heterocycles. The lowest BCUT2D eigenvalue weighted by Gasteiger charge is -2.50. The Balaban J connectivity index is 1.66. The van der Waals surface area contributed by atoms with Crippen LogP contribution in [0.5, 0.6) is 0 Å². The van der Waals surface area contributed by atoms with Crippen LogP contribution in [0.3, 0.4) is 0 Å². The van der Waals surface area contributed by atoms with Gasteiger partial charge in [0.15, 0.2) is 0 Å². The van der Waals surface area contributed by atoms with Gasteiger partial charge in [-0.1, -0.05) is 13.3 Å². The van der Waals surface area contributed by atoms with Gasteiger partial charge in [-0.05, 0) is 58.2 Å². The van der Waals surface area contributed by atoms with E-state index in [4.69, 9.17) is 0 Å². The Kier molecular flexibility index (Phi) is 5.03. The summed E-state index contributed by atoms with van der Waals surface area (Å²) < 4.78 is 0. The highest BCUT2D eigenvalue weighted by Gasteiger charge is 2.36. The Morgan fingerprint density at radius 1 is 1.29 bits per heavy atom. The molecule has 2 fully saturated rings. The van der Waals surface area contributed by atoms with Gasteiger partial charge in [-0.25, -0.2) is 0 Å². The van der Waals surface area contributed by atoms with Crippen LogP contribution in [0, 0.1) is 6.92 Å². The Labute approximate surface area is 134 Å². The number of fused-ring (bicyclic) bond motifs is 1. The van der Waals surface area contributed by atoms with Crippen LogP contribution in [0.4, 0.5) is 0 Å². The van der Waals surface area contributed by atoms with Crippen molar-refractivity contribution in [3.8, 4) is 0 Å². The molecule has 0 aliphatic carbocycles. The second-order valence-corrected chi connectivity index (χ2v) is 8.34. The predicted octanol–water partition coefficient (Wildman–Crippen LogP) is 3.94. The van der Waals surface area contributed by atoms with E-state index in [1.165, 1.54) is 56.6 Å². The minimum Gasteiger partial charge on any atom is -0.298 e. The summed E-state index contributed by atoms with van der Waals surface area (Å²) >= 11 is 1.97. The van der Waals surface area contributed by atoms with Gasteiger partial charge < -0.3 is 0 Å². The lowest BCUT2D eigenvalue weighted by molar-refractivity contribution is -0.0114. The van der Waals surface area contributed by atoms with Gasteiger partial charge in [-0.2, -0.15) is 0 Å². The van der Waals surface area contributed by atoms with E-state index in [0.717, 1.165) is 12.1 Å². The van der Waals surface area contributed by atoms with Crippen molar-refractivity contribution in [1.29, 1.82) is 0 Å². The molecule has 3 heteroatoms. The summed E-state index contributed by atoms with van der Waals surface area (Å²) in [6.45, 7) is 11.0. The molecule has 3 heterocycles. The molecule has 2 aliphatic rings. The number of thiophene rings is 1. The van der Waals surface area contributed by atoms with Gasteiger partial charge in [-0.15, -0.1) is 11.3 Å². The number of aryl methyl sites for hydroxylation is 1. The van der Waals surface area contributed by atoms with Crippen molar-refractivity contribution in [1.82, 2.24) is 9.80 Å². The molecule has 0 bridgehead atoms. The molecule has 0 N–H and O–H groups in total. The summed E-state index contributed by atoms with van der Waals surface area (Å²) in [6, 6.07) is 6.86. The zero-order chi connectivity index (χ0) is 14.8. The lowest BCUT2D eigenvalue weighted by Crippen LogP contribution is -2.61. The van der Waals surface area contributed by atoms with Gasteiger partial charge in [0.1, 0.15) is 0 Å². The van der Waals surface area contributed by atoms with Crippen molar-refractivity contribution in [2.75, 3.05) is 19.6 Å². The Bertz CT molecular complexity index is 456. The highest BCUT2D eigenvalue weighted by atomic mass is 32.1. The first-order valence-electron chi connectivity index (χ1n) is 8.72. The maximum Gasteiger partial charge on any atom is 0.0224 e. The van der Waals surface area contributed by atoms with E-state index in [-0.39, 0.29) is 0 Å². The highest BCUT2D eigenvalue weighted by molar-refractivity contribution is 7.11. The lowest BCUT2D eigenvalue weighted by atomic mass is 9.94. The maximum atomic E-state index is 2.82. The fourth-order valence-electron chi connectivity index (χ4n) is 4.18. The van der Waals surface area contributed by atoms with E-state index < -0.39 is 0 Å². The molecular formula is C18H30N2S. The average Bonchev–Trinajstić information content (AvgIpc) is 2.90. The number of nitrogens with zero attached hydrogens (tertiary/aromatic N) is 2. The van der Waals surface area contributed by atoms with Crippen LogP contribution in [-0.4, -0.2) is 47.6 Å². The van der Waals surface area contributed by atoms with E-state index in [1.807, 2.05) is 11.3 Å². The highest BCUT2D eigenvalue weighted by Crippen LogP contribution is 2.28. The Hall–Kier alpha value is -0.380. The Morgan fingerprint density at radius 3 is 2.86 bits per heavy atom. The molecule has 3 unspecified atom stereocenters. The molecule has 0 aromatic carbocycles. The number of hydrogen-bond donors (Lipinski definition) is 0. The maximum absolute atomic E-state index is 2.82. The van der Waals surface area contributed by atoms with Crippen LogP contribution in [0.25, 0.3) is 0 Å². The summed E-state index contributed by atoms with van der Waals surface area (Å²) in [5.41, 5.74) is 0. The summed E-state index contributed by atoms with van der Waals surface area (Å²) in [6.07, 6.45) is 6.78. The van der Waals surface area contributed by atoms with Crippen molar-refractivity contribution < 1.29 is 0 Å². The second-order valence-electron chi connectivity index (χ2n) is 6.97. The zero-order valence-electron chi connectivity index (χ0n) is 13.8. The molecule has 1 aromatic rings. The molecule has 0 amide bonds. The third kappa shape index (κ3) is 3.52. The quantitative estimate of drug-likeness (QED) is 0.831. The van der Waals surface area contributed by atoms with Gasteiger partial charge in [-0.3, -0.25) is 9.80 Å². The first kappa shape index (κ1) is 15.5. The SMILES string of the molecule is CCC1CN2CCCCC2CN1C(C)Cc1ccc(C)s1. The van der Waals surface area contributed by atoms with E-state index in [0.29, 0.717) is 6.04 Å². The minimum absolute atomic E-state index is 0.678. The third-order valence-electron chi connectivity index (χ3n) is 5.41. The first-order valence-corrected chi connectivity index (χ1v) is 9.54. The topological polar surface area (TPSA) is 6.48 Å². The Morgan fingerprint density at radius 2 is 2.14 bits per heavy atom. The minimum atomic E-state index is 0.678. The molecule has 3 atom stereocenters. The summed E-state index contributed by atoms with van der Waals surface area (Å²) in [4.78, 5) is 8.60. The summed E-state index contributed by atoms with van der Waals surface area (Å²) in [5.74, 6) is 0. The molecule has 0 radical (unpaired) electrons. The van der Waals surface area contributed by atoms with Gasteiger partial charge in [0.25, 0.3) is 0 Å². The largest absolute Gasteiger partial charge is 0.298 e. The smallest absolute Gasteiger partial charge is 0.0224 e. The van der Waals surface area contributed by atoms with E-state index in [2.05, 4.69) is 42.7 Å². The van der Waals surface area contributed by atoms with Crippen molar-refractivity contribution in [3.05, 3.63) is 21.9 Å². The van der Waals surface area contributed by atoms with Crippen molar-refractivity contribution in [3.63, 3.8) is 0 Å². The number of hydrogen-bond acceptors (Lipinski definition) is 3. The van der Waals surface area contributed by atoms with Gasteiger partial charge in [0.05, 0.1) is 0 Å². The van der Waals surface area contributed by atoms with Crippen molar-refractivity contribution in [2.24, 2.45) is 0 Å². The molecule has 21 heavy (non-hydrogen) atoms. The third-order valence-corrected chi connectivity index (χ3v) is 6.44. The summed E-state index contributed by atoms with van der Waals surface area (Å²) in [7, 11) is 0. The fraction of sp³-hybridized carbons (Fsp3) is 0.778. The van der Waals surface area contributed by atoms with E-state index in [9.17, 15) is 0 Å². The van der Waals surface area contributed by atoms with Crippen LogP contribution in [0.2, 0.25) is 0 Å². The molecule has 118 valence electrons. The van der Waals surface area contributed by atoms with Gasteiger partial charge in [0, 0.05) is 41.0 Å². The molecular weight excluding hydrogens is 276 g/mol. The van der Waals surface area contributed by atoms with Crippen LogP contribution < -0.4 is 0 Å². The average molecular weight is 307 g/mol. The normalized spacial score (nSPS) is 29.3. The van der Waals surface area contributed by atoms with Gasteiger partial charge >= 0.3 is 0 Å². The van der Waals surface area contributed by atoms with Crippen molar-refractivity contribution >= 4 is 11.3 Å². The zero-order valence-corrected chi connectivity index (χ0v) is 14.7. The molecule has 2 saturated heterocycles. The van der Waals surface area contributed by atoms with Crippen LogP contribution in [0.1, 0.15) is 49.3 Å². The van der Waals surface area contributed by atoms with Gasteiger partial charge in [0.2, 0.25) is 0 Å². The number of piperidine rings is 1. The molecule has 2 nitrogen and oxygen atoms in total. The molecule has 0 spiro atoms.